The average Bonchev–Trinajstić information content (AvgIpc) is 2.71. The highest BCUT2D eigenvalue weighted by Crippen LogP contribution is 2.16. The molecule has 0 unspecified atom stereocenters. The molecule has 3 rings (SSSR count). The highest BCUT2D eigenvalue weighted by atomic mass is 32.2. The lowest BCUT2D eigenvalue weighted by molar-refractivity contribution is -0.118. The van der Waals surface area contributed by atoms with E-state index in [4.69, 9.17) is 0 Å². The van der Waals surface area contributed by atoms with Gasteiger partial charge in [-0.25, -0.2) is 9.97 Å². The van der Waals surface area contributed by atoms with E-state index in [0.717, 1.165) is 56.5 Å². The van der Waals surface area contributed by atoms with Gasteiger partial charge in [0, 0.05) is 50.0 Å². The average molecular weight is 372 g/mol. The lowest BCUT2D eigenvalue weighted by Crippen LogP contribution is -2.47. The Morgan fingerprint density at radius 2 is 1.77 bits per heavy atom. The Kier molecular flexibility index (Phi) is 7.27. The van der Waals surface area contributed by atoms with Crippen molar-refractivity contribution in [3.63, 3.8) is 0 Å². The molecule has 6 nitrogen and oxygen atoms in total. The van der Waals surface area contributed by atoms with Crippen LogP contribution >= 0.6 is 11.8 Å². The summed E-state index contributed by atoms with van der Waals surface area (Å²) < 4.78 is 0. The number of benzene rings is 1. The van der Waals surface area contributed by atoms with Crippen LogP contribution in [-0.4, -0.2) is 65.8 Å². The standard InChI is InChI=1S/C19H25N5OS/c25-18(16-26-17-6-2-1-3-7-17)20-10-5-11-23-12-14-24(15-13-23)19-21-8-4-9-22-19/h1-4,6-9H,5,10-16H2,(H,20,25). The van der Waals surface area contributed by atoms with E-state index in [-0.39, 0.29) is 5.91 Å². The van der Waals surface area contributed by atoms with Crippen molar-refractivity contribution in [3.8, 4) is 0 Å². The number of anilines is 1. The molecule has 1 amide bonds. The first kappa shape index (κ1) is 18.7. The molecule has 1 fully saturated rings. The van der Waals surface area contributed by atoms with Crippen LogP contribution in [0.3, 0.4) is 0 Å². The lowest BCUT2D eigenvalue weighted by Gasteiger charge is -2.34. The van der Waals surface area contributed by atoms with Gasteiger partial charge in [-0.15, -0.1) is 11.8 Å². The fraction of sp³-hybridized carbons (Fsp3) is 0.421. The van der Waals surface area contributed by atoms with E-state index in [1.807, 2.05) is 36.4 Å². The monoisotopic (exact) mass is 371 g/mol. The number of carbonyl (C=O) groups excluding carboxylic acids is 1. The van der Waals surface area contributed by atoms with Gasteiger partial charge in [-0.3, -0.25) is 9.69 Å². The van der Waals surface area contributed by atoms with Crippen molar-refractivity contribution in [2.24, 2.45) is 0 Å². The van der Waals surface area contributed by atoms with Gasteiger partial charge in [-0.2, -0.15) is 0 Å². The van der Waals surface area contributed by atoms with Gasteiger partial charge in [0.1, 0.15) is 0 Å². The van der Waals surface area contributed by atoms with E-state index < -0.39 is 0 Å². The zero-order valence-corrected chi connectivity index (χ0v) is 15.7. The summed E-state index contributed by atoms with van der Waals surface area (Å²) in [5, 5.41) is 3.01. The summed E-state index contributed by atoms with van der Waals surface area (Å²) in [4.78, 5) is 26.3. The maximum atomic E-state index is 11.9. The van der Waals surface area contributed by atoms with Crippen LogP contribution in [0, 0.1) is 0 Å². The third-order valence-corrected chi connectivity index (χ3v) is 5.31. The van der Waals surface area contributed by atoms with Gasteiger partial charge in [-0.1, -0.05) is 18.2 Å². The van der Waals surface area contributed by atoms with Crippen molar-refractivity contribution >= 4 is 23.6 Å². The number of piperazine rings is 1. The van der Waals surface area contributed by atoms with Crippen LogP contribution in [0.5, 0.6) is 0 Å². The minimum Gasteiger partial charge on any atom is -0.355 e. The van der Waals surface area contributed by atoms with Crippen LogP contribution in [-0.2, 0) is 4.79 Å². The predicted molar refractivity (Wildman–Crippen MR) is 105 cm³/mol. The van der Waals surface area contributed by atoms with Crippen LogP contribution in [0.4, 0.5) is 5.95 Å². The summed E-state index contributed by atoms with van der Waals surface area (Å²) in [5.74, 6) is 1.39. The number of nitrogens with one attached hydrogen (secondary N) is 1. The van der Waals surface area contributed by atoms with E-state index in [0.29, 0.717) is 5.75 Å². The maximum absolute atomic E-state index is 11.9. The summed E-state index contributed by atoms with van der Waals surface area (Å²) in [5.41, 5.74) is 0. The molecule has 1 saturated heterocycles. The van der Waals surface area contributed by atoms with Crippen LogP contribution in [0.25, 0.3) is 0 Å². The number of nitrogens with zero attached hydrogens (tertiary/aromatic N) is 4. The summed E-state index contributed by atoms with van der Waals surface area (Å²) in [7, 11) is 0. The van der Waals surface area contributed by atoms with Gasteiger partial charge in [-0.05, 0) is 31.2 Å². The number of rotatable bonds is 8. The first-order chi connectivity index (χ1) is 12.8. The molecule has 0 spiro atoms. The number of amides is 1. The summed E-state index contributed by atoms with van der Waals surface area (Å²) in [6.45, 7) is 5.66. The quantitative estimate of drug-likeness (QED) is 0.565. The number of aromatic nitrogens is 2. The third kappa shape index (κ3) is 6.00. The fourth-order valence-electron chi connectivity index (χ4n) is 2.87. The van der Waals surface area contributed by atoms with Crippen LogP contribution in [0.15, 0.2) is 53.7 Å². The Balaban J connectivity index is 1.26. The molecule has 0 bridgehead atoms. The molecule has 138 valence electrons. The van der Waals surface area contributed by atoms with Gasteiger partial charge in [0.2, 0.25) is 11.9 Å². The smallest absolute Gasteiger partial charge is 0.230 e. The largest absolute Gasteiger partial charge is 0.355 e. The molecule has 1 aliphatic heterocycles. The molecule has 2 aromatic rings. The molecule has 0 aliphatic carbocycles. The van der Waals surface area contributed by atoms with E-state index in [1.165, 1.54) is 0 Å². The zero-order chi connectivity index (χ0) is 18.0. The molecule has 0 saturated carbocycles. The molecule has 2 heterocycles. The molecule has 1 aromatic heterocycles. The Hall–Kier alpha value is -2.12. The van der Waals surface area contributed by atoms with E-state index in [2.05, 4.69) is 25.1 Å². The predicted octanol–water partition coefficient (Wildman–Crippen LogP) is 1.90. The van der Waals surface area contributed by atoms with Crippen molar-refractivity contribution in [1.29, 1.82) is 0 Å². The Bertz CT molecular complexity index is 662. The number of carbonyl (C=O) groups is 1. The molecule has 7 heteroatoms. The van der Waals surface area contributed by atoms with Gasteiger partial charge in [0.25, 0.3) is 0 Å². The molecule has 1 aliphatic rings. The molecule has 0 atom stereocenters. The number of thioether (sulfide) groups is 1. The third-order valence-electron chi connectivity index (χ3n) is 4.29. The van der Waals surface area contributed by atoms with E-state index in [9.17, 15) is 4.79 Å². The normalized spacial score (nSPS) is 15.0. The van der Waals surface area contributed by atoms with E-state index in [1.54, 1.807) is 24.2 Å². The van der Waals surface area contributed by atoms with Crippen molar-refractivity contribution < 1.29 is 4.79 Å². The van der Waals surface area contributed by atoms with Gasteiger partial charge >= 0.3 is 0 Å². The summed E-state index contributed by atoms with van der Waals surface area (Å²) >= 11 is 1.57. The molecule has 26 heavy (non-hydrogen) atoms. The second kappa shape index (κ2) is 10.1. The Morgan fingerprint density at radius 1 is 1.04 bits per heavy atom. The summed E-state index contributed by atoms with van der Waals surface area (Å²) in [6, 6.07) is 11.9. The summed E-state index contributed by atoms with van der Waals surface area (Å²) in [6.07, 6.45) is 4.55. The van der Waals surface area contributed by atoms with Crippen molar-refractivity contribution in [2.75, 3.05) is 49.9 Å². The topological polar surface area (TPSA) is 61.4 Å². The van der Waals surface area contributed by atoms with Gasteiger partial charge < -0.3 is 10.2 Å². The second-order valence-corrected chi connectivity index (χ2v) is 7.23. The minimum atomic E-state index is 0.102. The van der Waals surface area contributed by atoms with Crippen molar-refractivity contribution in [3.05, 3.63) is 48.8 Å². The van der Waals surface area contributed by atoms with Gasteiger partial charge in [0.15, 0.2) is 0 Å². The Labute approximate surface area is 159 Å². The minimum absolute atomic E-state index is 0.102. The highest BCUT2D eigenvalue weighted by Gasteiger charge is 2.18. The van der Waals surface area contributed by atoms with Crippen molar-refractivity contribution in [1.82, 2.24) is 20.2 Å². The first-order valence-electron chi connectivity index (χ1n) is 9.00. The number of hydrogen-bond donors (Lipinski definition) is 1. The molecular weight excluding hydrogens is 346 g/mol. The molecule has 1 aromatic carbocycles. The van der Waals surface area contributed by atoms with Crippen LogP contribution in [0.2, 0.25) is 0 Å². The zero-order valence-electron chi connectivity index (χ0n) is 14.9. The van der Waals surface area contributed by atoms with E-state index >= 15 is 0 Å². The highest BCUT2D eigenvalue weighted by molar-refractivity contribution is 8.00. The Morgan fingerprint density at radius 3 is 2.50 bits per heavy atom. The molecule has 1 N–H and O–H groups in total. The van der Waals surface area contributed by atoms with Crippen LogP contribution < -0.4 is 10.2 Å². The molecule has 0 radical (unpaired) electrons. The SMILES string of the molecule is O=C(CSc1ccccc1)NCCCN1CCN(c2ncccn2)CC1. The van der Waals surface area contributed by atoms with Gasteiger partial charge in [0.05, 0.1) is 5.75 Å². The first-order valence-corrected chi connectivity index (χ1v) is 9.99. The van der Waals surface area contributed by atoms with Crippen molar-refractivity contribution in [2.45, 2.75) is 11.3 Å². The molecular formula is C19H25N5OS. The van der Waals surface area contributed by atoms with Crippen LogP contribution in [0.1, 0.15) is 6.42 Å². The second-order valence-electron chi connectivity index (χ2n) is 6.18. The lowest BCUT2D eigenvalue weighted by atomic mass is 10.3. The fourth-order valence-corrected chi connectivity index (χ4v) is 3.62. The maximum Gasteiger partial charge on any atom is 0.230 e. The number of hydrogen-bond acceptors (Lipinski definition) is 6.